The van der Waals surface area contributed by atoms with Crippen molar-refractivity contribution in [2.75, 3.05) is 26.7 Å². The lowest BCUT2D eigenvalue weighted by Crippen LogP contribution is -2.41. The molecular formula is C30H37NO2. The fraction of sp³-hybridized carbons (Fsp3) is 0.367. The number of likely N-dealkylation sites (tertiary alicyclic amines) is 1. The molecule has 3 heteroatoms. The molecule has 2 aromatic rings. The Morgan fingerprint density at radius 2 is 2.00 bits per heavy atom. The Balaban J connectivity index is 1.83. The number of hydrogen-bond acceptors (Lipinski definition) is 3. The number of carbonyl (C=O) groups is 1. The van der Waals surface area contributed by atoms with Crippen molar-refractivity contribution in [1.29, 1.82) is 0 Å². The van der Waals surface area contributed by atoms with Crippen LogP contribution in [0.15, 0.2) is 85.0 Å². The number of allylic oxidation sites excluding steroid dienone is 5. The van der Waals surface area contributed by atoms with Crippen LogP contribution in [0.25, 0.3) is 0 Å². The first-order valence-corrected chi connectivity index (χ1v) is 12.0. The lowest BCUT2D eigenvalue weighted by Gasteiger charge is -2.37. The Kier molecular flexibility index (Phi) is 8.85. The number of aryl methyl sites for hydroxylation is 1. The predicted octanol–water partition coefficient (Wildman–Crippen LogP) is 6.08. The molecule has 1 heterocycles. The Labute approximate surface area is 199 Å². The van der Waals surface area contributed by atoms with Gasteiger partial charge in [-0.25, -0.2) is 0 Å². The molecule has 0 bridgehead atoms. The van der Waals surface area contributed by atoms with Gasteiger partial charge >= 0.3 is 0 Å². The molecule has 2 aromatic carbocycles. The second-order valence-electron chi connectivity index (χ2n) is 8.86. The van der Waals surface area contributed by atoms with Gasteiger partial charge in [-0.1, -0.05) is 85.8 Å². The highest BCUT2D eigenvalue weighted by Crippen LogP contribution is 2.43. The highest BCUT2D eigenvalue weighted by molar-refractivity contribution is 5.75. The molecule has 33 heavy (non-hydrogen) atoms. The van der Waals surface area contributed by atoms with Crippen molar-refractivity contribution < 1.29 is 9.53 Å². The molecule has 0 saturated carbocycles. The van der Waals surface area contributed by atoms with Gasteiger partial charge in [0.2, 0.25) is 0 Å². The summed E-state index contributed by atoms with van der Waals surface area (Å²) in [6, 6.07) is 16.7. The Morgan fingerprint density at radius 1 is 1.21 bits per heavy atom. The monoisotopic (exact) mass is 443 g/mol. The Bertz CT molecular complexity index is 992. The van der Waals surface area contributed by atoms with Crippen LogP contribution in [-0.4, -0.2) is 37.9 Å². The minimum absolute atomic E-state index is 0.248. The number of aldehydes is 1. The maximum Gasteiger partial charge on any atom is 0.134 e. The Hall–Kier alpha value is -2.91. The number of benzene rings is 2. The standard InChI is InChI=1S/C30H37NO2/c1-5-7-9-12-26(6-2)30(23-32,27-13-10-8-11-14-27)28-18-20-31(22-28)19-17-25-15-16-29(33-4)24(3)21-25/h5,7-16,21,23,28H,1,6,17-20,22H2,2-4H3/b9-7-,26-12+/t28?,30-/m1/s1. The quantitative estimate of drug-likeness (QED) is 0.311. The van der Waals surface area contributed by atoms with Crippen LogP contribution in [-0.2, 0) is 16.6 Å². The van der Waals surface area contributed by atoms with Crippen LogP contribution in [0.3, 0.4) is 0 Å². The summed E-state index contributed by atoms with van der Waals surface area (Å²) in [5.41, 5.74) is 4.15. The van der Waals surface area contributed by atoms with E-state index in [4.69, 9.17) is 4.74 Å². The van der Waals surface area contributed by atoms with Crippen molar-refractivity contribution in [2.24, 2.45) is 5.92 Å². The van der Waals surface area contributed by atoms with E-state index in [0.717, 1.165) is 50.2 Å². The lowest BCUT2D eigenvalue weighted by molar-refractivity contribution is -0.113. The van der Waals surface area contributed by atoms with Crippen LogP contribution in [0, 0.1) is 12.8 Å². The largest absolute Gasteiger partial charge is 0.496 e. The zero-order chi connectivity index (χ0) is 23.7. The third-order valence-corrected chi connectivity index (χ3v) is 6.99. The number of nitrogens with zero attached hydrogens (tertiary/aromatic N) is 1. The summed E-state index contributed by atoms with van der Waals surface area (Å²) >= 11 is 0. The van der Waals surface area contributed by atoms with Gasteiger partial charge in [0.25, 0.3) is 0 Å². The summed E-state index contributed by atoms with van der Waals surface area (Å²) in [5.74, 6) is 1.18. The highest BCUT2D eigenvalue weighted by Gasteiger charge is 2.45. The Morgan fingerprint density at radius 3 is 2.64 bits per heavy atom. The van der Waals surface area contributed by atoms with Gasteiger partial charge < -0.3 is 14.4 Å². The van der Waals surface area contributed by atoms with Gasteiger partial charge in [0.1, 0.15) is 12.0 Å². The normalized spacial score (nSPS) is 18.9. The van der Waals surface area contributed by atoms with E-state index >= 15 is 0 Å². The van der Waals surface area contributed by atoms with Gasteiger partial charge in [-0.2, -0.15) is 0 Å². The molecule has 1 aliphatic heterocycles. The van der Waals surface area contributed by atoms with Gasteiger partial charge in [0.05, 0.1) is 12.5 Å². The molecule has 174 valence electrons. The van der Waals surface area contributed by atoms with Gasteiger partial charge in [0, 0.05) is 13.1 Å². The number of rotatable bonds is 11. The van der Waals surface area contributed by atoms with Crippen LogP contribution in [0.5, 0.6) is 5.75 Å². The molecule has 0 radical (unpaired) electrons. The van der Waals surface area contributed by atoms with Crippen LogP contribution in [0.1, 0.15) is 36.5 Å². The highest BCUT2D eigenvalue weighted by atomic mass is 16.5. The van der Waals surface area contributed by atoms with E-state index < -0.39 is 5.41 Å². The summed E-state index contributed by atoms with van der Waals surface area (Å²) in [6.45, 7) is 10.9. The SMILES string of the molecule is C=C/C=C\C=C(/CC)[C@](C=O)(c1ccccc1)C1CCN(CCc2ccc(OC)c(C)c2)C1. The molecule has 1 fully saturated rings. The molecule has 1 saturated heterocycles. The summed E-state index contributed by atoms with van der Waals surface area (Å²) in [7, 11) is 1.71. The molecule has 1 aliphatic rings. The van der Waals surface area contributed by atoms with E-state index in [0.29, 0.717) is 0 Å². The lowest BCUT2D eigenvalue weighted by atomic mass is 9.65. The second-order valence-corrected chi connectivity index (χ2v) is 8.86. The zero-order valence-corrected chi connectivity index (χ0v) is 20.3. The van der Waals surface area contributed by atoms with Crippen molar-refractivity contribution in [1.82, 2.24) is 4.90 Å². The van der Waals surface area contributed by atoms with Crippen molar-refractivity contribution >= 4 is 6.29 Å². The molecule has 3 nitrogen and oxygen atoms in total. The first-order valence-electron chi connectivity index (χ1n) is 12.0. The zero-order valence-electron chi connectivity index (χ0n) is 20.3. The first kappa shape index (κ1) is 24.7. The molecule has 3 rings (SSSR count). The third-order valence-electron chi connectivity index (χ3n) is 6.99. The van der Waals surface area contributed by atoms with Crippen LogP contribution < -0.4 is 4.74 Å². The number of ether oxygens (including phenoxy) is 1. The number of carbonyl (C=O) groups excluding carboxylic acids is 1. The van der Waals surface area contributed by atoms with Crippen LogP contribution >= 0.6 is 0 Å². The number of methoxy groups -OCH3 is 1. The minimum Gasteiger partial charge on any atom is -0.496 e. The topological polar surface area (TPSA) is 29.5 Å². The van der Waals surface area contributed by atoms with E-state index in [1.165, 1.54) is 23.0 Å². The average Bonchev–Trinajstić information content (AvgIpc) is 3.32. The summed E-state index contributed by atoms with van der Waals surface area (Å²) in [4.78, 5) is 15.4. The van der Waals surface area contributed by atoms with Crippen molar-refractivity contribution in [3.63, 3.8) is 0 Å². The fourth-order valence-corrected chi connectivity index (χ4v) is 5.23. The van der Waals surface area contributed by atoms with Crippen LogP contribution in [0.4, 0.5) is 0 Å². The fourth-order valence-electron chi connectivity index (χ4n) is 5.23. The maximum absolute atomic E-state index is 12.9. The molecule has 0 spiro atoms. The molecule has 0 aliphatic carbocycles. The van der Waals surface area contributed by atoms with Gasteiger partial charge in [-0.15, -0.1) is 0 Å². The average molecular weight is 444 g/mol. The molecular weight excluding hydrogens is 406 g/mol. The van der Waals surface area contributed by atoms with Gasteiger partial charge in [-0.3, -0.25) is 0 Å². The van der Waals surface area contributed by atoms with Crippen molar-refractivity contribution in [3.05, 3.63) is 102 Å². The van der Waals surface area contributed by atoms with E-state index in [1.54, 1.807) is 13.2 Å². The molecule has 0 amide bonds. The summed E-state index contributed by atoms with van der Waals surface area (Å²) in [5, 5.41) is 0. The second kappa shape index (κ2) is 11.8. The van der Waals surface area contributed by atoms with Crippen molar-refractivity contribution in [2.45, 2.75) is 38.5 Å². The summed E-state index contributed by atoms with van der Waals surface area (Å²) in [6.07, 6.45) is 11.9. The maximum atomic E-state index is 12.9. The van der Waals surface area contributed by atoms with Crippen molar-refractivity contribution in [3.8, 4) is 5.75 Å². The molecule has 1 unspecified atom stereocenters. The molecule has 2 atom stereocenters. The smallest absolute Gasteiger partial charge is 0.134 e. The third kappa shape index (κ3) is 5.54. The first-order chi connectivity index (χ1) is 16.1. The molecule has 0 aromatic heterocycles. The molecule has 0 N–H and O–H groups in total. The van der Waals surface area contributed by atoms with Gasteiger partial charge in [0.15, 0.2) is 0 Å². The predicted molar refractivity (Wildman–Crippen MR) is 138 cm³/mol. The van der Waals surface area contributed by atoms with E-state index in [9.17, 15) is 4.79 Å². The van der Waals surface area contributed by atoms with E-state index in [-0.39, 0.29) is 5.92 Å². The van der Waals surface area contributed by atoms with E-state index in [1.807, 2.05) is 30.4 Å². The summed E-state index contributed by atoms with van der Waals surface area (Å²) < 4.78 is 5.39. The van der Waals surface area contributed by atoms with Crippen LogP contribution in [0.2, 0.25) is 0 Å². The van der Waals surface area contributed by atoms with Gasteiger partial charge in [-0.05, 0) is 61.4 Å². The minimum atomic E-state index is -0.604. The van der Waals surface area contributed by atoms with E-state index in [2.05, 4.69) is 61.7 Å². The number of hydrogen-bond donors (Lipinski definition) is 0.